The maximum Gasteiger partial charge on any atom is 0.254 e. The number of hydrogen-bond acceptors (Lipinski definition) is 5. The second kappa shape index (κ2) is 5.42. The second-order valence-corrected chi connectivity index (χ2v) is 4.76. The largest absolute Gasteiger partial charge is 0.375 e. The highest BCUT2D eigenvalue weighted by molar-refractivity contribution is 5.94. The molecule has 1 aromatic carbocycles. The number of benzene rings is 1. The van der Waals surface area contributed by atoms with Crippen LogP contribution in [0.1, 0.15) is 17.3 Å². The van der Waals surface area contributed by atoms with Gasteiger partial charge in [0.15, 0.2) is 0 Å². The number of ether oxygens (including phenoxy) is 1. The molecule has 0 N–H and O–H groups in total. The lowest BCUT2D eigenvalue weighted by atomic mass is 10.1. The van der Waals surface area contributed by atoms with Crippen LogP contribution in [0.5, 0.6) is 0 Å². The van der Waals surface area contributed by atoms with Crippen LogP contribution >= 0.6 is 0 Å². The smallest absolute Gasteiger partial charge is 0.254 e. The molecule has 104 valence electrons. The highest BCUT2D eigenvalue weighted by Gasteiger charge is 2.22. The molecular formula is C14H15N3O3. The summed E-state index contributed by atoms with van der Waals surface area (Å²) in [4.78, 5) is 18.2. The van der Waals surface area contributed by atoms with E-state index in [9.17, 15) is 4.79 Å². The van der Waals surface area contributed by atoms with Crippen LogP contribution in [0.2, 0.25) is 0 Å². The van der Waals surface area contributed by atoms with Crippen LogP contribution in [0.3, 0.4) is 0 Å². The first-order valence-corrected chi connectivity index (χ1v) is 6.52. The van der Waals surface area contributed by atoms with Gasteiger partial charge in [-0.2, -0.15) is 4.98 Å². The van der Waals surface area contributed by atoms with Crippen LogP contribution in [0, 0.1) is 0 Å². The molecule has 2 aromatic rings. The molecule has 1 aliphatic rings. The van der Waals surface area contributed by atoms with Gasteiger partial charge in [0.2, 0.25) is 12.2 Å². The molecule has 1 fully saturated rings. The van der Waals surface area contributed by atoms with E-state index in [4.69, 9.17) is 9.26 Å². The molecule has 0 radical (unpaired) electrons. The minimum Gasteiger partial charge on any atom is -0.375 e. The molecule has 1 amide bonds. The molecule has 6 nitrogen and oxygen atoms in total. The Balaban J connectivity index is 1.75. The van der Waals surface area contributed by atoms with Gasteiger partial charge in [-0.25, -0.2) is 0 Å². The minimum absolute atomic E-state index is 0.0276. The van der Waals surface area contributed by atoms with Crippen molar-refractivity contribution in [1.29, 1.82) is 0 Å². The lowest BCUT2D eigenvalue weighted by Crippen LogP contribution is -2.44. The summed E-state index contributed by atoms with van der Waals surface area (Å²) in [5.41, 5.74) is 1.48. The van der Waals surface area contributed by atoms with Crippen molar-refractivity contribution < 1.29 is 14.1 Å². The SMILES string of the molecule is C[C@H]1CN(C(=O)c2ccc(-c3ncon3)cc2)CCO1. The quantitative estimate of drug-likeness (QED) is 0.831. The Morgan fingerprint density at radius 2 is 2.15 bits per heavy atom. The molecule has 6 heteroatoms. The summed E-state index contributed by atoms with van der Waals surface area (Å²) in [5, 5.41) is 3.76. The summed E-state index contributed by atoms with van der Waals surface area (Å²) >= 11 is 0. The maximum absolute atomic E-state index is 12.4. The Kier molecular flexibility index (Phi) is 3.47. The third-order valence-corrected chi connectivity index (χ3v) is 3.28. The van der Waals surface area contributed by atoms with E-state index in [1.54, 1.807) is 12.1 Å². The Morgan fingerprint density at radius 1 is 1.35 bits per heavy atom. The van der Waals surface area contributed by atoms with Crippen LogP contribution in [0.15, 0.2) is 35.2 Å². The summed E-state index contributed by atoms with van der Waals surface area (Å²) in [7, 11) is 0. The van der Waals surface area contributed by atoms with Gasteiger partial charge in [0.1, 0.15) is 0 Å². The third-order valence-electron chi connectivity index (χ3n) is 3.28. The summed E-state index contributed by atoms with van der Waals surface area (Å²) < 4.78 is 10.1. The monoisotopic (exact) mass is 273 g/mol. The van der Waals surface area contributed by atoms with Crippen LogP contribution in [0.4, 0.5) is 0 Å². The molecule has 1 aliphatic heterocycles. The zero-order valence-corrected chi connectivity index (χ0v) is 11.2. The molecule has 2 heterocycles. The number of aromatic nitrogens is 2. The zero-order chi connectivity index (χ0) is 13.9. The van der Waals surface area contributed by atoms with E-state index in [1.807, 2.05) is 24.0 Å². The van der Waals surface area contributed by atoms with Crippen molar-refractivity contribution in [2.75, 3.05) is 19.7 Å². The fraction of sp³-hybridized carbons (Fsp3) is 0.357. The predicted molar refractivity (Wildman–Crippen MR) is 71.1 cm³/mol. The van der Waals surface area contributed by atoms with Crippen LogP contribution < -0.4 is 0 Å². The summed E-state index contributed by atoms with van der Waals surface area (Å²) in [6, 6.07) is 7.21. The average molecular weight is 273 g/mol. The first-order chi connectivity index (χ1) is 9.74. The standard InChI is InChI=1S/C14H15N3O3/c1-10-8-17(6-7-19-10)14(18)12-4-2-11(3-5-12)13-15-9-20-16-13/h2-5,9-10H,6-8H2,1H3/t10-/m0/s1. The van der Waals surface area contributed by atoms with Gasteiger partial charge in [0.25, 0.3) is 5.91 Å². The molecule has 0 unspecified atom stereocenters. The molecule has 0 saturated carbocycles. The number of carbonyl (C=O) groups excluding carboxylic acids is 1. The second-order valence-electron chi connectivity index (χ2n) is 4.76. The van der Waals surface area contributed by atoms with Crippen molar-refractivity contribution in [3.8, 4) is 11.4 Å². The van der Waals surface area contributed by atoms with Crippen molar-refractivity contribution in [2.24, 2.45) is 0 Å². The Bertz CT molecular complexity index is 580. The van der Waals surface area contributed by atoms with Crippen LogP contribution in [-0.4, -0.2) is 46.7 Å². The molecule has 1 atom stereocenters. The molecular weight excluding hydrogens is 258 g/mol. The first-order valence-electron chi connectivity index (χ1n) is 6.52. The Labute approximate surface area is 116 Å². The lowest BCUT2D eigenvalue weighted by Gasteiger charge is -2.31. The van der Waals surface area contributed by atoms with Gasteiger partial charge in [-0.1, -0.05) is 17.3 Å². The van der Waals surface area contributed by atoms with Gasteiger partial charge in [-0.05, 0) is 19.1 Å². The summed E-state index contributed by atoms with van der Waals surface area (Å²) in [6.07, 6.45) is 1.37. The van der Waals surface area contributed by atoms with Gasteiger partial charge in [0, 0.05) is 24.2 Å². The van der Waals surface area contributed by atoms with Crippen molar-refractivity contribution >= 4 is 5.91 Å². The molecule has 0 bridgehead atoms. The number of amides is 1. The topological polar surface area (TPSA) is 68.5 Å². The number of hydrogen-bond donors (Lipinski definition) is 0. The van der Waals surface area contributed by atoms with Crippen molar-refractivity contribution in [3.05, 3.63) is 36.2 Å². The van der Waals surface area contributed by atoms with Gasteiger partial charge >= 0.3 is 0 Å². The number of nitrogens with zero attached hydrogens (tertiary/aromatic N) is 3. The fourth-order valence-electron chi connectivity index (χ4n) is 2.25. The van der Waals surface area contributed by atoms with Crippen molar-refractivity contribution in [2.45, 2.75) is 13.0 Å². The van der Waals surface area contributed by atoms with Gasteiger partial charge in [-0.3, -0.25) is 4.79 Å². The van der Waals surface area contributed by atoms with Crippen molar-refractivity contribution in [3.63, 3.8) is 0 Å². The van der Waals surface area contributed by atoms with Gasteiger partial charge in [0.05, 0.1) is 12.7 Å². The van der Waals surface area contributed by atoms with Crippen molar-refractivity contribution in [1.82, 2.24) is 15.0 Å². The molecule has 20 heavy (non-hydrogen) atoms. The molecule has 1 aromatic heterocycles. The van der Waals surface area contributed by atoms with Crippen LogP contribution in [-0.2, 0) is 4.74 Å². The third kappa shape index (κ3) is 2.55. The van der Waals surface area contributed by atoms with E-state index >= 15 is 0 Å². The van der Waals surface area contributed by atoms with E-state index in [-0.39, 0.29) is 12.0 Å². The minimum atomic E-state index is 0.0276. The van der Waals surface area contributed by atoms with E-state index in [1.165, 1.54) is 6.39 Å². The highest BCUT2D eigenvalue weighted by atomic mass is 16.5. The molecule has 3 rings (SSSR count). The maximum atomic E-state index is 12.4. The fourth-order valence-corrected chi connectivity index (χ4v) is 2.25. The summed E-state index contributed by atoms with van der Waals surface area (Å²) in [5.74, 6) is 0.545. The van der Waals surface area contributed by atoms with E-state index in [0.717, 1.165) is 5.56 Å². The lowest BCUT2D eigenvalue weighted by molar-refractivity contribution is -0.0124. The normalized spacial score (nSPS) is 19.1. The van der Waals surface area contributed by atoms with Gasteiger partial charge < -0.3 is 14.2 Å². The van der Waals surface area contributed by atoms with E-state index in [2.05, 4.69) is 10.1 Å². The van der Waals surface area contributed by atoms with E-state index in [0.29, 0.717) is 31.1 Å². The van der Waals surface area contributed by atoms with Gasteiger partial charge in [-0.15, -0.1) is 0 Å². The number of carbonyl (C=O) groups is 1. The first kappa shape index (κ1) is 12.8. The predicted octanol–water partition coefficient (Wildman–Crippen LogP) is 1.60. The van der Waals surface area contributed by atoms with Crippen LogP contribution in [0.25, 0.3) is 11.4 Å². The number of morpholine rings is 1. The Morgan fingerprint density at radius 3 is 2.80 bits per heavy atom. The molecule has 1 saturated heterocycles. The summed E-state index contributed by atoms with van der Waals surface area (Å²) in [6.45, 7) is 3.83. The zero-order valence-electron chi connectivity index (χ0n) is 11.2. The molecule has 0 aliphatic carbocycles. The van der Waals surface area contributed by atoms with E-state index < -0.39 is 0 Å². The Hall–Kier alpha value is -2.21. The highest BCUT2D eigenvalue weighted by Crippen LogP contribution is 2.17. The molecule has 0 spiro atoms. The number of rotatable bonds is 2. The average Bonchev–Trinajstić information content (AvgIpc) is 3.01.